The quantitative estimate of drug-likeness (QED) is 0.746. The molecule has 0 aromatic heterocycles. The Kier molecular flexibility index (Phi) is 3.95. The van der Waals surface area contributed by atoms with Gasteiger partial charge in [0.2, 0.25) is 0 Å². The molecule has 0 saturated heterocycles. The van der Waals surface area contributed by atoms with E-state index in [9.17, 15) is 9.90 Å². The van der Waals surface area contributed by atoms with Crippen molar-refractivity contribution in [3.63, 3.8) is 0 Å². The molecule has 136 valence electrons. The Morgan fingerprint density at radius 2 is 1.58 bits per heavy atom. The second-order valence-corrected chi connectivity index (χ2v) is 10.4. The van der Waals surface area contributed by atoms with Crippen LogP contribution in [0.4, 0.5) is 0 Å². The van der Waals surface area contributed by atoms with Gasteiger partial charge in [-0.05, 0) is 98.7 Å². The lowest BCUT2D eigenvalue weighted by Crippen LogP contribution is -2.56. The van der Waals surface area contributed by atoms with Crippen LogP contribution in [0.1, 0.15) is 79.1 Å². The van der Waals surface area contributed by atoms with Crippen molar-refractivity contribution in [2.75, 3.05) is 0 Å². The lowest BCUT2D eigenvalue weighted by Gasteiger charge is -2.62. The van der Waals surface area contributed by atoms with E-state index in [0.717, 1.165) is 42.9 Å². The predicted molar refractivity (Wildman–Crippen MR) is 96.5 cm³/mol. The van der Waals surface area contributed by atoms with E-state index in [1.807, 2.05) is 6.92 Å². The fourth-order valence-electron chi connectivity index (χ4n) is 8.38. The van der Waals surface area contributed by atoms with Crippen LogP contribution < -0.4 is 0 Å². The van der Waals surface area contributed by atoms with Gasteiger partial charge in [0.15, 0.2) is 0 Å². The highest BCUT2D eigenvalue weighted by Crippen LogP contribution is 2.68. The summed E-state index contributed by atoms with van der Waals surface area (Å²) in [4.78, 5) is 12.2. The fraction of sp³-hybridized carbons (Fsp3) is 0.955. The van der Waals surface area contributed by atoms with E-state index in [2.05, 4.69) is 20.8 Å². The summed E-state index contributed by atoms with van der Waals surface area (Å²) in [5, 5.41) is 10.2. The van der Waals surface area contributed by atoms with E-state index >= 15 is 0 Å². The van der Waals surface area contributed by atoms with Crippen LogP contribution in [0.3, 0.4) is 0 Å². The first-order valence-corrected chi connectivity index (χ1v) is 10.5. The zero-order valence-corrected chi connectivity index (χ0v) is 16.1. The van der Waals surface area contributed by atoms with E-state index in [0.29, 0.717) is 23.0 Å². The summed E-state index contributed by atoms with van der Waals surface area (Å²) in [6, 6.07) is 0. The highest BCUT2D eigenvalue weighted by molar-refractivity contribution is 5.79. The second kappa shape index (κ2) is 5.56. The van der Waals surface area contributed by atoms with Gasteiger partial charge in [-0.1, -0.05) is 20.8 Å². The lowest BCUT2D eigenvalue weighted by molar-refractivity contribution is -0.151. The molecule has 4 rings (SSSR count). The number of hydrogen-bond acceptors (Lipinski definition) is 2. The van der Waals surface area contributed by atoms with Crippen molar-refractivity contribution in [2.24, 2.45) is 46.3 Å². The number of ketones is 1. The molecule has 0 unspecified atom stereocenters. The maximum absolute atomic E-state index is 12.2. The molecule has 0 aromatic carbocycles. The summed E-state index contributed by atoms with van der Waals surface area (Å²) in [5.41, 5.74) is 0.696. The first-order valence-electron chi connectivity index (χ1n) is 10.5. The van der Waals surface area contributed by atoms with Gasteiger partial charge in [-0.15, -0.1) is 0 Å². The molecule has 4 aliphatic rings. The summed E-state index contributed by atoms with van der Waals surface area (Å²) < 4.78 is 0. The molecule has 0 amide bonds. The van der Waals surface area contributed by atoms with Crippen LogP contribution in [-0.2, 0) is 4.79 Å². The summed E-state index contributed by atoms with van der Waals surface area (Å²) >= 11 is 0. The average molecular weight is 333 g/mol. The van der Waals surface area contributed by atoms with Gasteiger partial charge in [0.1, 0.15) is 5.78 Å². The average Bonchev–Trinajstić information content (AvgIpc) is 2.87. The number of carbonyl (C=O) groups excluding carboxylic acids is 1. The molecule has 4 saturated carbocycles. The lowest BCUT2D eigenvalue weighted by atomic mass is 9.43. The summed E-state index contributed by atoms with van der Waals surface area (Å²) in [5.74, 6) is 4.60. The molecule has 4 aliphatic carbocycles. The Morgan fingerprint density at radius 3 is 2.29 bits per heavy atom. The Hall–Kier alpha value is -0.370. The molecule has 0 radical (unpaired) electrons. The first-order chi connectivity index (χ1) is 11.3. The highest BCUT2D eigenvalue weighted by Gasteiger charge is 2.61. The number of aliphatic hydroxyl groups is 1. The van der Waals surface area contributed by atoms with Crippen molar-refractivity contribution >= 4 is 5.78 Å². The van der Waals surface area contributed by atoms with Crippen LogP contribution in [0, 0.1) is 46.3 Å². The molecule has 0 aromatic rings. The summed E-state index contributed by atoms with van der Waals surface area (Å²) in [6.07, 6.45) is 9.49. The van der Waals surface area contributed by atoms with Crippen LogP contribution in [0.5, 0.6) is 0 Å². The topological polar surface area (TPSA) is 37.3 Å². The maximum Gasteiger partial charge on any atom is 0.133 e. The van der Waals surface area contributed by atoms with Gasteiger partial charge >= 0.3 is 0 Å². The third-order valence-electron chi connectivity index (χ3n) is 9.50. The minimum Gasteiger partial charge on any atom is -0.393 e. The summed E-state index contributed by atoms with van der Waals surface area (Å²) in [7, 11) is 0. The van der Waals surface area contributed by atoms with Crippen LogP contribution >= 0.6 is 0 Å². The number of Topliss-reactive ketones (excluding diaryl/α,β-unsaturated/α-hetero) is 1. The van der Waals surface area contributed by atoms with Crippen LogP contribution in [0.15, 0.2) is 0 Å². The molecule has 0 heterocycles. The predicted octanol–water partition coefficient (Wildman–Crippen LogP) is 4.84. The molecular formula is C22H36O2. The molecule has 0 aliphatic heterocycles. The second-order valence-electron chi connectivity index (χ2n) is 10.4. The Balaban J connectivity index is 1.65. The zero-order chi connectivity index (χ0) is 17.3. The molecular weight excluding hydrogens is 296 g/mol. The van der Waals surface area contributed by atoms with E-state index in [1.165, 1.54) is 32.1 Å². The standard InChI is InChI=1S/C22H36O2/c1-13-11-16-18-6-5-17(14(2)23)21(18,3)10-8-19(16)22(4)9-7-15(24)12-20(13)22/h13,15-20,24H,5-12H2,1-4H3/t13-,15-,16+,17-,18+,19+,20+,21-,22-/m1/s1. The summed E-state index contributed by atoms with van der Waals surface area (Å²) in [6.45, 7) is 9.27. The van der Waals surface area contributed by atoms with Gasteiger partial charge in [-0.2, -0.15) is 0 Å². The van der Waals surface area contributed by atoms with E-state index in [-0.39, 0.29) is 11.5 Å². The van der Waals surface area contributed by atoms with Gasteiger partial charge in [0, 0.05) is 5.92 Å². The van der Waals surface area contributed by atoms with Gasteiger partial charge in [0.05, 0.1) is 6.10 Å². The Morgan fingerprint density at radius 1 is 0.917 bits per heavy atom. The molecule has 4 fully saturated rings. The zero-order valence-electron chi connectivity index (χ0n) is 16.1. The molecule has 1 N–H and O–H groups in total. The number of carbonyl (C=O) groups is 1. The monoisotopic (exact) mass is 332 g/mol. The Bertz CT molecular complexity index is 528. The largest absolute Gasteiger partial charge is 0.393 e. The van der Waals surface area contributed by atoms with Crippen molar-refractivity contribution < 1.29 is 9.90 Å². The van der Waals surface area contributed by atoms with Gasteiger partial charge in [0.25, 0.3) is 0 Å². The number of hydrogen-bond donors (Lipinski definition) is 1. The molecule has 24 heavy (non-hydrogen) atoms. The smallest absolute Gasteiger partial charge is 0.133 e. The minimum atomic E-state index is -0.0653. The first kappa shape index (κ1) is 17.1. The molecule has 0 spiro atoms. The molecule has 2 nitrogen and oxygen atoms in total. The molecule has 2 heteroatoms. The van der Waals surface area contributed by atoms with Crippen molar-refractivity contribution in [1.29, 1.82) is 0 Å². The van der Waals surface area contributed by atoms with Crippen molar-refractivity contribution in [1.82, 2.24) is 0 Å². The highest BCUT2D eigenvalue weighted by atomic mass is 16.3. The SMILES string of the molecule is CC(=O)[C@H]1CC[C@H]2[C@@H]3C[C@@H](C)[C@@H]4C[C@H](O)CC[C@]4(C)[C@H]3CC[C@]12C. The van der Waals surface area contributed by atoms with Crippen molar-refractivity contribution in [3.8, 4) is 0 Å². The van der Waals surface area contributed by atoms with Crippen molar-refractivity contribution in [3.05, 3.63) is 0 Å². The third-order valence-corrected chi connectivity index (χ3v) is 9.50. The Labute approximate surface area is 147 Å². The number of aliphatic hydroxyl groups excluding tert-OH is 1. The van der Waals surface area contributed by atoms with Gasteiger partial charge in [-0.3, -0.25) is 4.79 Å². The van der Waals surface area contributed by atoms with Gasteiger partial charge in [-0.25, -0.2) is 0 Å². The van der Waals surface area contributed by atoms with Crippen LogP contribution in [-0.4, -0.2) is 17.0 Å². The molecule has 9 atom stereocenters. The third kappa shape index (κ3) is 2.20. The van der Waals surface area contributed by atoms with Crippen LogP contribution in [0.2, 0.25) is 0 Å². The van der Waals surface area contributed by atoms with Crippen molar-refractivity contribution in [2.45, 2.75) is 85.2 Å². The number of rotatable bonds is 1. The maximum atomic E-state index is 12.2. The van der Waals surface area contributed by atoms with Gasteiger partial charge < -0.3 is 5.11 Å². The molecule has 0 bridgehead atoms. The minimum absolute atomic E-state index is 0.0653. The fourth-order valence-corrected chi connectivity index (χ4v) is 8.38. The van der Waals surface area contributed by atoms with Crippen LogP contribution in [0.25, 0.3) is 0 Å². The normalized spacial score (nSPS) is 57.0. The van der Waals surface area contributed by atoms with E-state index in [4.69, 9.17) is 0 Å². The van der Waals surface area contributed by atoms with E-state index in [1.54, 1.807) is 0 Å². The number of fused-ring (bicyclic) bond motifs is 5. The van der Waals surface area contributed by atoms with E-state index < -0.39 is 0 Å².